The molecule has 0 fully saturated rings. The highest BCUT2D eigenvalue weighted by Gasteiger charge is 2.18. The first-order valence-electron chi connectivity index (χ1n) is 7.72. The Morgan fingerprint density at radius 3 is 2.50 bits per heavy atom. The Hall–Kier alpha value is -2.83. The molecule has 0 aliphatic heterocycles. The number of carboxylic acids is 1. The molecule has 0 aliphatic rings. The van der Waals surface area contributed by atoms with Crippen LogP contribution in [0.1, 0.15) is 35.1 Å². The van der Waals surface area contributed by atoms with E-state index in [-0.39, 0.29) is 5.91 Å². The maximum absolute atomic E-state index is 12.5. The molecule has 0 bridgehead atoms. The van der Waals surface area contributed by atoms with Gasteiger partial charge in [0.05, 0.1) is 11.3 Å². The molecule has 0 unspecified atom stereocenters. The largest absolute Gasteiger partial charge is 0.482 e. The van der Waals surface area contributed by atoms with Crippen LogP contribution in [0, 0.1) is 13.8 Å². The summed E-state index contributed by atoms with van der Waals surface area (Å²) in [6.07, 6.45) is 0.945. The molecular formula is C17H21N3O4. The monoisotopic (exact) mass is 331 g/mol. The molecule has 1 aromatic heterocycles. The Kier molecular flexibility index (Phi) is 5.57. The van der Waals surface area contributed by atoms with Crippen LogP contribution in [-0.4, -0.2) is 33.4 Å². The van der Waals surface area contributed by atoms with E-state index >= 15 is 0 Å². The summed E-state index contributed by atoms with van der Waals surface area (Å²) in [7, 11) is 0. The van der Waals surface area contributed by atoms with Crippen molar-refractivity contribution in [3.8, 4) is 5.75 Å². The second-order valence-electron chi connectivity index (χ2n) is 5.43. The number of nitrogens with zero attached hydrogens (tertiary/aromatic N) is 2. The van der Waals surface area contributed by atoms with Crippen LogP contribution in [0.3, 0.4) is 0 Å². The zero-order valence-corrected chi connectivity index (χ0v) is 14.0. The topological polar surface area (TPSA) is 93.5 Å². The van der Waals surface area contributed by atoms with Crippen LogP contribution in [0.25, 0.3) is 0 Å². The van der Waals surface area contributed by atoms with Crippen molar-refractivity contribution in [1.29, 1.82) is 0 Å². The second-order valence-corrected chi connectivity index (χ2v) is 5.43. The van der Waals surface area contributed by atoms with Gasteiger partial charge in [0, 0.05) is 17.9 Å². The normalized spacial score (nSPS) is 10.5. The zero-order valence-electron chi connectivity index (χ0n) is 14.0. The minimum Gasteiger partial charge on any atom is -0.482 e. The van der Waals surface area contributed by atoms with Crippen LogP contribution in [0.15, 0.2) is 24.3 Å². The standard InChI is InChI=1S/C17H21N3O4/c1-4-9-20-12(3)16(11(2)19-20)17(23)18-13-5-7-14(8-6-13)24-10-15(21)22/h5-8H,4,9-10H2,1-3H3,(H,18,23)(H,21,22). The molecule has 0 saturated heterocycles. The van der Waals surface area contributed by atoms with Crippen molar-refractivity contribution in [3.05, 3.63) is 41.2 Å². The van der Waals surface area contributed by atoms with E-state index in [1.54, 1.807) is 24.3 Å². The lowest BCUT2D eigenvalue weighted by Crippen LogP contribution is -2.14. The summed E-state index contributed by atoms with van der Waals surface area (Å²) in [5.41, 5.74) is 2.72. The Labute approximate surface area is 140 Å². The predicted octanol–water partition coefficient (Wildman–Crippen LogP) is 2.63. The molecule has 128 valence electrons. The van der Waals surface area contributed by atoms with E-state index in [9.17, 15) is 9.59 Å². The maximum Gasteiger partial charge on any atom is 0.341 e. The number of anilines is 1. The van der Waals surface area contributed by atoms with Crippen molar-refractivity contribution in [1.82, 2.24) is 9.78 Å². The molecule has 24 heavy (non-hydrogen) atoms. The second kappa shape index (κ2) is 7.63. The molecule has 1 heterocycles. The highest BCUT2D eigenvalue weighted by molar-refractivity contribution is 6.05. The molecule has 0 radical (unpaired) electrons. The van der Waals surface area contributed by atoms with E-state index in [1.165, 1.54) is 0 Å². The van der Waals surface area contributed by atoms with Gasteiger partial charge in [0.1, 0.15) is 5.75 Å². The quantitative estimate of drug-likeness (QED) is 0.813. The zero-order chi connectivity index (χ0) is 17.7. The fourth-order valence-electron chi connectivity index (χ4n) is 2.43. The lowest BCUT2D eigenvalue weighted by Gasteiger charge is -2.08. The van der Waals surface area contributed by atoms with E-state index < -0.39 is 12.6 Å². The first-order chi connectivity index (χ1) is 11.4. The van der Waals surface area contributed by atoms with Gasteiger partial charge in [0.15, 0.2) is 6.61 Å². The summed E-state index contributed by atoms with van der Waals surface area (Å²) < 4.78 is 6.90. The molecule has 7 nitrogen and oxygen atoms in total. The number of carboxylic acid groups (broad SMARTS) is 1. The van der Waals surface area contributed by atoms with Crippen molar-refractivity contribution < 1.29 is 19.4 Å². The van der Waals surface area contributed by atoms with E-state index in [1.807, 2.05) is 18.5 Å². The van der Waals surface area contributed by atoms with Gasteiger partial charge in [-0.25, -0.2) is 4.79 Å². The number of ether oxygens (including phenoxy) is 1. The molecule has 0 aliphatic carbocycles. The summed E-state index contributed by atoms with van der Waals surface area (Å²) in [4.78, 5) is 23.0. The number of rotatable bonds is 7. The third kappa shape index (κ3) is 4.13. The highest BCUT2D eigenvalue weighted by Crippen LogP contribution is 2.19. The molecule has 1 aromatic carbocycles. The van der Waals surface area contributed by atoms with Gasteiger partial charge in [-0.3, -0.25) is 9.48 Å². The average Bonchev–Trinajstić information content (AvgIpc) is 2.81. The van der Waals surface area contributed by atoms with Crippen molar-refractivity contribution in [2.45, 2.75) is 33.7 Å². The molecule has 0 atom stereocenters. The third-order valence-corrected chi connectivity index (χ3v) is 3.52. The Morgan fingerprint density at radius 2 is 1.92 bits per heavy atom. The first kappa shape index (κ1) is 17.5. The fourth-order valence-corrected chi connectivity index (χ4v) is 2.43. The molecule has 2 rings (SSSR count). The summed E-state index contributed by atoms with van der Waals surface area (Å²) >= 11 is 0. The van der Waals surface area contributed by atoms with Gasteiger partial charge in [0.2, 0.25) is 0 Å². The van der Waals surface area contributed by atoms with Crippen LogP contribution in [0.2, 0.25) is 0 Å². The number of hydrogen-bond donors (Lipinski definition) is 2. The summed E-state index contributed by atoms with van der Waals surface area (Å²) in [6, 6.07) is 6.55. The molecule has 2 N–H and O–H groups in total. The number of aliphatic carboxylic acids is 1. The van der Waals surface area contributed by atoms with Gasteiger partial charge in [-0.05, 0) is 44.5 Å². The first-order valence-corrected chi connectivity index (χ1v) is 7.72. The fraction of sp³-hybridized carbons (Fsp3) is 0.353. The number of aryl methyl sites for hydroxylation is 2. The predicted molar refractivity (Wildman–Crippen MR) is 89.5 cm³/mol. The third-order valence-electron chi connectivity index (χ3n) is 3.52. The number of aromatic nitrogens is 2. The Bertz CT molecular complexity index is 735. The van der Waals surface area contributed by atoms with E-state index in [4.69, 9.17) is 9.84 Å². The van der Waals surface area contributed by atoms with Crippen LogP contribution < -0.4 is 10.1 Å². The van der Waals surface area contributed by atoms with Gasteiger partial charge in [0.25, 0.3) is 5.91 Å². The van der Waals surface area contributed by atoms with Crippen LogP contribution in [-0.2, 0) is 11.3 Å². The smallest absolute Gasteiger partial charge is 0.341 e. The van der Waals surface area contributed by atoms with Crippen molar-refractivity contribution in [2.24, 2.45) is 0 Å². The lowest BCUT2D eigenvalue weighted by atomic mass is 10.1. The number of nitrogens with one attached hydrogen (secondary N) is 1. The van der Waals surface area contributed by atoms with Gasteiger partial charge in [-0.1, -0.05) is 6.92 Å². The summed E-state index contributed by atoms with van der Waals surface area (Å²) in [5.74, 6) is -0.826. The minimum absolute atomic E-state index is 0.216. The SMILES string of the molecule is CCCn1nc(C)c(C(=O)Nc2ccc(OCC(=O)O)cc2)c1C. The van der Waals surface area contributed by atoms with E-state index in [0.29, 0.717) is 22.7 Å². The van der Waals surface area contributed by atoms with Crippen LogP contribution in [0.4, 0.5) is 5.69 Å². The molecule has 2 aromatic rings. The summed E-state index contributed by atoms with van der Waals surface area (Å²) in [5, 5.41) is 15.8. The highest BCUT2D eigenvalue weighted by atomic mass is 16.5. The lowest BCUT2D eigenvalue weighted by molar-refractivity contribution is -0.139. The molecular weight excluding hydrogens is 310 g/mol. The Balaban J connectivity index is 2.08. The van der Waals surface area contributed by atoms with Gasteiger partial charge in [-0.2, -0.15) is 5.10 Å². The van der Waals surface area contributed by atoms with Crippen LogP contribution >= 0.6 is 0 Å². The number of carbonyl (C=O) groups is 2. The van der Waals surface area contributed by atoms with Gasteiger partial charge in [-0.15, -0.1) is 0 Å². The maximum atomic E-state index is 12.5. The van der Waals surface area contributed by atoms with E-state index in [0.717, 1.165) is 18.7 Å². The summed E-state index contributed by atoms with van der Waals surface area (Å²) in [6.45, 7) is 6.13. The van der Waals surface area contributed by atoms with E-state index in [2.05, 4.69) is 17.3 Å². The molecule has 1 amide bonds. The van der Waals surface area contributed by atoms with Crippen molar-refractivity contribution >= 4 is 17.6 Å². The number of carbonyl (C=O) groups excluding carboxylic acids is 1. The molecule has 7 heteroatoms. The van der Waals surface area contributed by atoms with Crippen molar-refractivity contribution in [3.63, 3.8) is 0 Å². The molecule has 0 spiro atoms. The number of benzene rings is 1. The van der Waals surface area contributed by atoms with Crippen molar-refractivity contribution in [2.75, 3.05) is 11.9 Å². The Morgan fingerprint density at radius 1 is 1.25 bits per heavy atom. The van der Waals surface area contributed by atoms with Gasteiger partial charge >= 0.3 is 5.97 Å². The van der Waals surface area contributed by atoms with Crippen LogP contribution in [0.5, 0.6) is 5.75 Å². The molecule has 0 saturated carbocycles. The average molecular weight is 331 g/mol. The number of hydrogen-bond acceptors (Lipinski definition) is 4. The minimum atomic E-state index is -1.04. The van der Waals surface area contributed by atoms with Gasteiger partial charge < -0.3 is 15.2 Å². The number of amides is 1.